The highest BCUT2D eigenvalue weighted by Crippen LogP contribution is 2.38. The molecule has 0 aliphatic carbocycles. The number of likely N-dealkylation sites (tertiary alicyclic amines) is 1. The van der Waals surface area contributed by atoms with Gasteiger partial charge in [0.15, 0.2) is 0 Å². The van der Waals surface area contributed by atoms with Gasteiger partial charge in [0.25, 0.3) is 0 Å². The minimum Gasteiger partial charge on any atom is -0.393 e. The van der Waals surface area contributed by atoms with E-state index in [0.717, 1.165) is 37.1 Å². The van der Waals surface area contributed by atoms with Crippen molar-refractivity contribution in [3.05, 3.63) is 99.5 Å². The van der Waals surface area contributed by atoms with E-state index in [0.29, 0.717) is 15.9 Å². The summed E-state index contributed by atoms with van der Waals surface area (Å²) >= 11 is 12.5. The summed E-state index contributed by atoms with van der Waals surface area (Å²) in [5.41, 5.74) is 4.06. The molecule has 3 atom stereocenters. The lowest BCUT2D eigenvalue weighted by atomic mass is 9.91. The molecule has 1 aromatic heterocycles. The van der Waals surface area contributed by atoms with Crippen molar-refractivity contribution in [2.75, 3.05) is 13.2 Å². The summed E-state index contributed by atoms with van der Waals surface area (Å²) in [5.74, 6) is 0.575. The Morgan fingerprint density at radius 1 is 1.03 bits per heavy atom. The number of aliphatic hydroxyl groups is 1. The fourth-order valence-electron chi connectivity index (χ4n) is 4.90. The van der Waals surface area contributed by atoms with Crippen LogP contribution in [0.3, 0.4) is 0 Å². The summed E-state index contributed by atoms with van der Waals surface area (Å²) < 4.78 is 6.60. The molecular formula is C27H27Cl2N5O2. The molecule has 1 fully saturated rings. The number of hydrogen-bond acceptors (Lipinski definition) is 6. The Morgan fingerprint density at radius 2 is 1.78 bits per heavy atom. The summed E-state index contributed by atoms with van der Waals surface area (Å²) in [7, 11) is 0. The van der Waals surface area contributed by atoms with Crippen LogP contribution in [0.25, 0.3) is 11.4 Å². The highest BCUT2D eigenvalue weighted by atomic mass is 35.5. The summed E-state index contributed by atoms with van der Waals surface area (Å²) in [5, 5.41) is 25.5. The molecule has 2 N–H and O–H groups in total. The van der Waals surface area contributed by atoms with Crippen molar-refractivity contribution in [1.82, 2.24) is 25.5 Å². The largest absolute Gasteiger partial charge is 0.393 e. The SMILES string of the molecule is OC[C@@H](O[C@H]1CCCN(Cc2ccc(-c3nn[nH]n3)cc2)[C@H]1c1ccccc1)c1cc(Cl)cc(Cl)c1. The molecule has 1 aliphatic rings. The summed E-state index contributed by atoms with van der Waals surface area (Å²) in [4.78, 5) is 2.45. The lowest BCUT2D eigenvalue weighted by Crippen LogP contribution is -2.43. The highest BCUT2D eigenvalue weighted by molar-refractivity contribution is 6.34. The fourth-order valence-corrected chi connectivity index (χ4v) is 5.44. The van der Waals surface area contributed by atoms with Gasteiger partial charge in [-0.2, -0.15) is 5.21 Å². The van der Waals surface area contributed by atoms with Crippen LogP contribution in [0.1, 0.15) is 41.7 Å². The number of tetrazole rings is 1. The molecule has 0 unspecified atom stereocenters. The van der Waals surface area contributed by atoms with Gasteiger partial charge in [-0.3, -0.25) is 4.90 Å². The minimum absolute atomic E-state index is 0.0283. The monoisotopic (exact) mass is 523 g/mol. The molecule has 0 spiro atoms. The second-order valence-electron chi connectivity index (χ2n) is 8.95. The molecule has 9 heteroatoms. The van der Waals surface area contributed by atoms with Gasteiger partial charge in [-0.05, 0) is 59.5 Å². The van der Waals surface area contributed by atoms with Crippen LogP contribution in [0.2, 0.25) is 10.0 Å². The topological polar surface area (TPSA) is 87.2 Å². The first-order valence-corrected chi connectivity index (χ1v) is 12.7. The number of nitrogens with zero attached hydrogens (tertiary/aromatic N) is 4. The zero-order valence-electron chi connectivity index (χ0n) is 19.6. The molecule has 186 valence electrons. The van der Waals surface area contributed by atoms with Gasteiger partial charge in [-0.25, -0.2) is 0 Å². The van der Waals surface area contributed by atoms with E-state index in [1.807, 2.05) is 18.2 Å². The third kappa shape index (κ3) is 5.77. The van der Waals surface area contributed by atoms with Gasteiger partial charge < -0.3 is 9.84 Å². The third-order valence-corrected chi connectivity index (χ3v) is 6.96. The Hall–Kier alpha value is -2.81. The maximum Gasteiger partial charge on any atom is 0.204 e. The number of benzene rings is 3. The second kappa shape index (κ2) is 11.5. The van der Waals surface area contributed by atoms with E-state index in [9.17, 15) is 5.11 Å². The molecule has 4 aromatic rings. The van der Waals surface area contributed by atoms with Gasteiger partial charge in [-0.1, -0.05) is 77.8 Å². The predicted octanol–water partition coefficient (Wildman–Crippen LogP) is 5.63. The Bertz CT molecular complexity index is 1230. The minimum atomic E-state index is -0.522. The van der Waals surface area contributed by atoms with Crippen molar-refractivity contribution >= 4 is 23.2 Å². The number of halogens is 2. The zero-order valence-corrected chi connectivity index (χ0v) is 21.1. The van der Waals surface area contributed by atoms with E-state index >= 15 is 0 Å². The lowest BCUT2D eigenvalue weighted by molar-refractivity contribution is -0.100. The van der Waals surface area contributed by atoms with Crippen LogP contribution in [0.15, 0.2) is 72.8 Å². The number of ether oxygens (including phenoxy) is 1. The quantitative estimate of drug-likeness (QED) is 0.311. The first kappa shape index (κ1) is 24.9. The maximum absolute atomic E-state index is 10.2. The van der Waals surface area contributed by atoms with Crippen LogP contribution in [0.5, 0.6) is 0 Å². The maximum atomic E-state index is 10.2. The molecule has 7 nitrogen and oxygen atoms in total. The summed E-state index contributed by atoms with van der Waals surface area (Å²) in [6, 6.07) is 24.0. The molecule has 5 rings (SSSR count). The van der Waals surface area contributed by atoms with Crippen molar-refractivity contribution in [2.24, 2.45) is 0 Å². The van der Waals surface area contributed by atoms with Crippen LogP contribution in [0, 0.1) is 0 Å². The molecule has 1 aliphatic heterocycles. The molecule has 0 bridgehead atoms. The van der Waals surface area contributed by atoms with E-state index in [1.54, 1.807) is 18.2 Å². The molecule has 36 heavy (non-hydrogen) atoms. The van der Waals surface area contributed by atoms with Crippen LogP contribution in [-0.2, 0) is 11.3 Å². The van der Waals surface area contributed by atoms with E-state index in [4.69, 9.17) is 27.9 Å². The van der Waals surface area contributed by atoms with Crippen LogP contribution in [-0.4, -0.2) is 49.9 Å². The molecule has 0 radical (unpaired) electrons. The number of nitrogens with one attached hydrogen (secondary N) is 1. The Balaban J connectivity index is 1.40. The van der Waals surface area contributed by atoms with Crippen LogP contribution < -0.4 is 0 Å². The number of rotatable bonds is 8. The molecule has 0 saturated carbocycles. The number of H-pyrrole nitrogens is 1. The highest BCUT2D eigenvalue weighted by Gasteiger charge is 2.35. The molecule has 1 saturated heterocycles. The van der Waals surface area contributed by atoms with Crippen LogP contribution in [0.4, 0.5) is 0 Å². The summed E-state index contributed by atoms with van der Waals surface area (Å²) in [6.45, 7) is 1.55. The Labute approximate surface area is 220 Å². The Kier molecular flexibility index (Phi) is 7.94. The first-order valence-electron chi connectivity index (χ1n) is 11.9. The normalized spacial score (nSPS) is 19.3. The van der Waals surface area contributed by atoms with Crippen molar-refractivity contribution in [3.63, 3.8) is 0 Å². The molecule has 0 amide bonds. The van der Waals surface area contributed by atoms with Crippen molar-refractivity contribution in [2.45, 2.75) is 37.6 Å². The first-order chi connectivity index (χ1) is 17.6. The zero-order chi connectivity index (χ0) is 24.9. The van der Waals surface area contributed by atoms with Crippen molar-refractivity contribution in [1.29, 1.82) is 0 Å². The average molecular weight is 524 g/mol. The molecular weight excluding hydrogens is 497 g/mol. The molecule has 2 heterocycles. The van der Waals surface area contributed by atoms with E-state index < -0.39 is 6.10 Å². The Morgan fingerprint density at radius 3 is 2.44 bits per heavy atom. The van der Waals surface area contributed by atoms with Gasteiger partial charge in [-0.15, -0.1) is 10.2 Å². The van der Waals surface area contributed by atoms with Gasteiger partial charge >= 0.3 is 0 Å². The lowest BCUT2D eigenvalue weighted by Gasteiger charge is -2.42. The predicted molar refractivity (Wildman–Crippen MR) is 140 cm³/mol. The van der Waals surface area contributed by atoms with Gasteiger partial charge in [0.2, 0.25) is 5.82 Å². The number of aromatic amines is 1. The number of aromatic nitrogens is 4. The number of piperidine rings is 1. The summed E-state index contributed by atoms with van der Waals surface area (Å²) in [6.07, 6.45) is 1.24. The van der Waals surface area contributed by atoms with Crippen molar-refractivity contribution < 1.29 is 9.84 Å². The van der Waals surface area contributed by atoms with Crippen LogP contribution >= 0.6 is 23.2 Å². The second-order valence-corrected chi connectivity index (χ2v) is 9.82. The van der Waals surface area contributed by atoms with E-state index in [2.05, 4.69) is 61.9 Å². The fraction of sp³-hybridized carbons (Fsp3) is 0.296. The van der Waals surface area contributed by atoms with Gasteiger partial charge in [0.1, 0.15) is 6.10 Å². The van der Waals surface area contributed by atoms with Crippen molar-refractivity contribution in [3.8, 4) is 11.4 Å². The van der Waals surface area contributed by atoms with E-state index in [-0.39, 0.29) is 18.8 Å². The number of aliphatic hydroxyl groups excluding tert-OH is 1. The number of hydrogen-bond donors (Lipinski definition) is 2. The third-order valence-electron chi connectivity index (χ3n) is 6.53. The van der Waals surface area contributed by atoms with E-state index in [1.165, 1.54) is 11.1 Å². The smallest absolute Gasteiger partial charge is 0.204 e. The van der Waals surface area contributed by atoms with Gasteiger partial charge in [0.05, 0.1) is 18.8 Å². The average Bonchev–Trinajstić information content (AvgIpc) is 3.43. The standard InChI is InChI=1S/C27H27Cl2N5O2/c28-22-13-21(14-23(29)15-22)25(17-35)36-24-7-4-12-34(26(24)19-5-2-1-3-6-19)16-18-8-10-20(11-9-18)27-30-32-33-31-27/h1-3,5-6,8-11,13-15,24-26,35H,4,7,12,16-17H2,(H,30,31,32,33)/t24-,25+,26-/m0/s1. The molecule has 3 aromatic carbocycles. The van der Waals surface area contributed by atoms with Gasteiger partial charge in [0, 0.05) is 22.2 Å².